The van der Waals surface area contributed by atoms with Crippen molar-refractivity contribution in [3.8, 4) is 0 Å². The lowest BCUT2D eigenvalue weighted by Crippen LogP contribution is -2.53. The molecule has 136 valence electrons. The zero-order valence-electron chi connectivity index (χ0n) is 14.8. The minimum atomic E-state index is -0.0647. The third-order valence-electron chi connectivity index (χ3n) is 5.12. The van der Waals surface area contributed by atoms with Crippen LogP contribution in [0.3, 0.4) is 0 Å². The van der Waals surface area contributed by atoms with Crippen LogP contribution < -0.4 is 5.32 Å². The predicted octanol–water partition coefficient (Wildman–Crippen LogP) is 2.71. The Balaban J connectivity index is 1.54. The molecule has 3 amide bonds. The van der Waals surface area contributed by atoms with Crippen LogP contribution in [-0.4, -0.2) is 60.1 Å². The molecule has 2 aliphatic rings. The van der Waals surface area contributed by atoms with Crippen molar-refractivity contribution in [3.63, 3.8) is 0 Å². The molecule has 2 heterocycles. The van der Waals surface area contributed by atoms with Crippen molar-refractivity contribution in [2.24, 2.45) is 0 Å². The third kappa shape index (κ3) is 4.51. The van der Waals surface area contributed by atoms with Crippen molar-refractivity contribution in [2.45, 2.75) is 44.7 Å². The SMILES string of the molecule is CC(=O)N(C1CCOCC1)C1CCN(C(=O)Nc2ccccc2)CC1. The molecule has 6 heteroatoms. The molecule has 0 unspecified atom stereocenters. The van der Waals surface area contributed by atoms with Crippen molar-refractivity contribution < 1.29 is 14.3 Å². The number of carbonyl (C=O) groups excluding carboxylic acids is 2. The molecule has 1 aromatic carbocycles. The number of nitrogens with one attached hydrogen (secondary N) is 1. The van der Waals surface area contributed by atoms with Gasteiger partial charge in [-0.1, -0.05) is 18.2 Å². The van der Waals surface area contributed by atoms with Crippen LogP contribution >= 0.6 is 0 Å². The van der Waals surface area contributed by atoms with E-state index in [0.29, 0.717) is 13.1 Å². The maximum absolute atomic E-state index is 12.4. The molecule has 2 saturated heterocycles. The van der Waals surface area contributed by atoms with Gasteiger partial charge in [-0.3, -0.25) is 4.79 Å². The zero-order valence-corrected chi connectivity index (χ0v) is 14.8. The second-order valence-corrected chi connectivity index (χ2v) is 6.78. The first-order valence-electron chi connectivity index (χ1n) is 9.13. The highest BCUT2D eigenvalue weighted by Crippen LogP contribution is 2.24. The van der Waals surface area contributed by atoms with Gasteiger partial charge in [-0.25, -0.2) is 4.79 Å². The van der Waals surface area contributed by atoms with Crippen LogP contribution in [0.1, 0.15) is 32.6 Å². The highest BCUT2D eigenvalue weighted by molar-refractivity contribution is 5.89. The molecule has 2 fully saturated rings. The summed E-state index contributed by atoms with van der Waals surface area (Å²) in [6.45, 7) is 4.47. The molecule has 0 aromatic heterocycles. The molecule has 0 saturated carbocycles. The van der Waals surface area contributed by atoms with Gasteiger partial charge in [0.25, 0.3) is 0 Å². The number of piperidine rings is 1. The topological polar surface area (TPSA) is 61.9 Å². The monoisotopic (exact) mass is 345 g/mol. The summed E-state index contributed by atoms with van der Waals surface area (Å²) in [6.07, 6.45) is 3.49. The van der Waals surface area contributed by atoms with E-state index in [1.165, 1.54) is 0 Å². The molecule has 0 radical (unpaired) electrons. The molecule has 25 heavy (non-hydrogen) atoms. The van der Waals surface area contributed by atoms with Crippen LogP contribution in [0.4, 0.5) is 10.5 Å². The molecular weight excluding hydrogens is 318 g/mol. The van der Waals surface area contributed by atoms with Gasteiger partial charge >= 0.3 is 6.03 Å². The molecule has 1 aromatic rings. The van der Waals surface area contributed by atoms with Crippen LogP contribution in [-0.2, 0) is 9.53 Å². The standard InChI is InChI=1S/C19H27N3O3/c1-15(23)22(18-9-13-25-14-10-18)17-7-11-21(12-8-17)19(24)20-16-5-3-2-4-6-16/h2-6,17-18H,7-14H2,1H3,(H,20,24). The van der Waals surface area contributed by atoms with E-state index >= 15 is 0 Å². The minimum absolute atomic E-state index is 0.0647. The molecule has 2 aliphatic heterocycles. The van der Waals surface area contributed by atoms with Gasteiger partial charge in [0, 0.05) is 51.0 Å². The predicted molar refractivity (Wildman–Crippen MR) is 96.4 cm³/mol. The summed E-state index contributed by atoms with van der Waals surface area (Å²) in [5.41, 5.74) is 0.808. The van der Waals surface area contributed by atoms with Crippen LogP contribution in [0, 0.1) is 0 Å². The first kappa shape index (κ1) is 17.7. The summed E-state index contributed by atoms with van der Waals surface area (Å²) in [7, 11) is 0. The average Bonchev–Trinajstić information content (AvgIpc) is 2.64. The molecule has 0 aliphatic carbocycles. The van der Waals surface area contributed by atoms with Crippen LogP contribution in [0.25, 0.3) is 0 Å². The van der Waals surface area contributed by atoms with Crippen molar-refractivity contribution in [2.75, 3.05) is 31.6 Å². The fraction of sp³-hybridized carbons (Fsp3) is 0.579. The molecule has 6 nitrogen and oxygen atoms in total. The maximum Gasteiger partial charge on any atom is 0.321 e. The van der Waals surface area contributed by atoms with E-state index in [1.54, 1.807) is 6.92 Å². The number of nitrogens with zero attached hydrogens (tertiary/aromatic N) is 2. The van der Waals surface area contributed by atoms with Gasteiger partial charge in [0.15, 0.2) is 0 Å². The molecule has 0 bridgehead atoms. The Morgan fingerprint density at radius 2 is 1.64 bits per heavy atom. The van der Waals surface area contributed by atoms with E-state index in [0.717, 1.165) is 44.6 Å². The Morgan fingerprint density at radius 3 is 2.24 bits per heavy atom. The first-order chi connectivity index (χ1) is 12.1. The van der Waals surface area contributed by atoms with Gasteiger partial charge in [-0.15, -0.1) is 0 Å². The fourth-order valence-corrected chi connectivity index (χ4v) is 3.85. The summed E-state index contributed by atoms with van der Waals surface area (Å²) in [5.74, 6) is 0.138. The Kier molecular flexibility index (Phi) is 5.91. The summed E-state index contributed by atoms with van der Waals surface area (Å²) in [6, 6.07) is 9.93. The normalized spacial score (nSPS) is 19.5. The van der Waals surface area contributed by atoms with E-state index in [9.17, 15) is 9.59 Å². The van der Waals surface area contributed by atoms with Gasteiger partial charge in [0.05, 0.1) is 0 Å². The van der Waals surface area contributed by atoms with Crippen molar-refractivity contribution in [1.29, 1.82) is 0 Å². The maximum atomic E-state index is 12.4. The number of rotatable bonds is 3. The Labute approximate surface area is 149 Å². The van der Waals surface area contributed by atoms with Crippen LogP contribution in [0.5, 0.6) is 0 Å². The number of ether oxygens (including phenoxy) is 1. The highest BCUT2D eigenvalue weighted by Gasteiger charge is 2.33. The number of likely N-dealkylation sites (tertiary alicyclic amines) is 1. The van der Waals surface area contributed by atoms with E-state index in [2.05, 4.69) is 10.2 Å². The number of hydrogen-bond donors (Lipinski definition) is 1. The van der Waals surface area contributed by atoms with Crippen molar-refractivity contribution in [3.05, 3.63) is 30.3 Å². The summed E-state index contributed by atoms with van der Waals surface area (Å²) in [5, 5.41) is 2.93. The van der Waals surface area contributed by atoms with Crippen molar-refractivity contribution in [1.82, 2.24) is 9.80 Å². The van der Waals surface area contributed by atoms with E-state index < -0.39 is 0 Å². The van der Waals surface area contributed by atoms with Crippen LogP contribution in [0.2, 0.25) is 0 Å². The number of carbonyl (C=O) groups is 2. The smallest absolute Gasteiger partial charge is 0.321 e. The van der Waals surface area contributed by atoms with Gasteiger partial charge in [0.2, 0.25) is 5.91 Å². The number of urea groups is 1. The first-order valence-corrected chi connectivity index (χ1v) is 9.13. The van der Waals surface area contributed by atoms with Gasteiger partial charge < -0.3 is 19.9 Å². The molecular formula is C19H27N3O3. The van der Waals surface area contributed by atoms with Crippen molar-refractivity contribution >= 4 is 17.6 Å². The largest absolute Gasteiger partial charge is 0.381 e. The summed E-state index contributed by atoms with van der Waals surface area (Å²) < 4.78 is 5.42. The molecule has 0 spiro atoms. The number of anilines is 1. The molecule has 0 atom stereocenters. The Bertz CT molecular complexity index is 579. The highest BCUT2D eigenvalue weighted by atomic mass is 16.5. The fourth-order valence-electron chi connectivity index (χ4n) is 3.85. The summed E-state index contributed by atoms with van der Waals surface area (Å²) >= 11 is 0. The number of hydrogen-bond acceptors (Lipinski definition) is 3. The zero-order chi connectivity index (χ0) is 17.6. The third-order valence-corrected chi connectivity index (χ3v) is 5.12. The molecule has 3 rings (SSSR count). The van der Waals surface area contributed by atoms with E-state index in [4.69, 9.17) is 4.74 Å². The lowest BCUT2D eigenvalue weighted by atomic mass is 9.98. The number of benzene rings is 1. The molecule has 1 N–H and O–H groups in total. The van der Waals surface area contributed by atoms with Crippen LogP contribution in [0.15, 0.2) is 30.3 Å². The second-order valence-electron chi connectivity index (χ2n) is 6.78. The van der Waals surface area contributed by atoms with Gasteiger partial charge in [-0.05, 0) is 37.8 Å². The van der Waals surface area contributed by atoms with E-state index in [-0.39, 0.29) is 24.0 Å². The number of para-hydroxylation sites is 1. The van der Waals surface area contributed by atoms with E-state index in [1.807, 2.05) is 35.2 Å². The lowest BCUT2D eigenvalue weighted by Gasteiger charge is -2.43. The average molecular weight is 345 g/mol. The lowest BCUT2D eigenvalue weighted by molar-refractivity contribution is -0.137. The van der Waals surface area contributed by atoms with Gasteiger partial charge in [0.1, 0.15) is 0 Å². The quantitative estimate of drug-likeness (QED) is 0.916. The number of amides is 3. The summed E-state index contributed by atoms with van der Waals surface area (Å²) in [4.78, 5) is 28.5. The Hall–Kier alpha value is -2.08. The van der Waals surface area contributed by atoms with Gasteiger partial charge in [-0.2, -0.15) is 0 Å². The second kappa shape index (κ2) is 8.34. The Morgan fingerprint density at radius 1 is 1.04 bits per heavy atom. The minimum Gasteiger partial charge on any atom is -0.381 e.